The molecule has 17 heavy (non-hydrogen) atoms. The second-order valence-electron chi connectivity index (χ2n) is 4.08. The summed E-state index contributed by atoms with van der Waals surface area (Å²) in [5.74, 6) is -0.154. The Bertz CT molecular complexity index is 417. The first kappa shape index (κ1) is 12.2. The van der Waals surface area contributed by atoms with Gasteiger partial charge in [0.15, 0.2) is 0 Å². The molecule has 1 heterocycles. The van der Waals surface area contributed by atoms with E-state index in [0.29, 0.717) is 23.0 Å². The number of nitrogens with two attached hydrogens (primary N) is 1. The molecule has 3 N–H and O–H groups in total. The van der Waals surface area contributed by atoms with Crippen LogP contribution in [0.15, 0.2) is 18.2 Å². The molecule has 1 aromatic rings. The highest BCUT2D eigenvalue weighted by Crippen LogP contribution is 2.24. The number of carbonyl (C=O) groups is 1. The maximum atomic E-state index is 11.9. The average Bonchev–Trinajstić information content (AvgIpc) is 2.35. The van der Waals surface area contributed by atoms with Gasteiger partial charge in [-0.25, -0.2) is 0 Å². The quantitative estimate of drug-likeness (QED) is 0.797. The van der Waals surface area contributed by atoms with Crippen LogP contribution in [0.4, 0.5) is 11.4 Å². The Morgan fingerprint density at radius 2 is 2.29 bits per heavy atom. The minimum atomic E-state index is -0.373. The summed E-state index contributed by atoms with van der Waals surface area (Å²) in [5.41, 5.74) is 6.79. The monoisotopic (exact) mass is 254 g/mol. The number of halogens is 1. The predicted octanol–water partition coefficient (Wildman–Crippen LogP) is 2.43. The normalized spacial score (nSPS) is 19.9. The molecule has 0 spiro atoms. The van der Waals surface area contributed by atoms with E-state index in [4.69, 9.17) is 22.1 Å². The number of hydrogen-bond acceptors (Lipinski definition) is 3. The lowest BCUT2D eigenvalue weighted by atomic mass is 10.1. The number of amides is 1. The Morgan fingerprint density at radius 1 is 1.47 bits per heavy atom. The number of anilines is 2. The second-order valence-corrected chi connectivity index (χ2v) is 4.51. The Kier molecular flexibility index (Phi) is 3.86. The number of hydrogen-bond donors (Lipinski definition) is 2. The average molecular weight is 255 g/mol. The van der Waals surface area contributed by atoms with E-state index in [-0.39, 0.29) is 12.0 Å². The molecule has 1 atom stereocenters. The molecular formula is C12H15ClN2O2. The lowest BCUT2D eigenvalue weighted by Gasteiger charge is -2.22. The summed E-state index contributed by atoms with van der Waals surface area (Å²) in [5, 5.41) is 3.29. The number of carbonyl (C=O) groups excluding carboxylic acids is 1. The first-order valence-electron chi connectivity index (χ1n) is 5.64. The lowest BCUT2D eigenvalue weighted by Crippen LogP contribution is -2.33. The summed E-state index contributed by atoms with van der Waals surface area (Å²) in [7, 11) is 0. The van der Waals surface area contributed by atoms with Gasteiger partial charge in [-0.05, 0) is 37.5 Å². The number of rotatable bonds is 2. The van der Waals surface area contributed by atoms with Crippen LogP contribution in [-0.4, -0.2) is 18.6 Å². The molecule has 0 aromatic heterocycles. The maximum Gasteiger partial charge on any atom is 0.253 e. The van der Waals surface area contributed by atoms with Crippen molar-refractivity contribution in [2.24, 2.45) is 0 Å². The van der Waals surface area contributed by atoms with Crippen LogP contribution >= 0.6 is 11.6 Å². The van der Waals surface area contributed by atoms with E-state index >= 15 is 0 Å². The van der Waals surface area contributed by atoms with Gasteiger partial charge in [-0.3, -0.25) is 4.79 Å². The molecule has 0 bridgehead atoms. The van der Waals surface area contributed by atoms with Crippen molar-refractivity contribution >= 4 is 28.9 Å². The molecule has 5 heteroatoms. The van der Waals surface area contributed by atoms with Crippen molar-refractivity contribution in [3.8, 4) is 0 Å². The third-order valence-electron chi connectivity index (χ3n) is 2.75. The minimum absolute atomic E-state index is 0.154. The van der Waals surface area contributed by atoms with Gasteiger partial charge in [0.25, 0.3) is 5.91 Å². The molecule has 0 saturated carbocycles. The van der Waals surface area contributed by atoms with Gasteiger partial charge in [-0.2, -0.15) is 0 Å². The highest BCUT2D eigenvalue weighted by atomic mass is 35.5. The first-order chi connectivity index (χ1) is 8.16. The van der Waals surface area contributed by atoms with Crippen molar-refractivity contribution in [3.05, 3.63) is 23.2 Å². The molecule has 1 amide bonds. The smallest absolute Gasteiger partial charge is 0.253 e. The van der Waals surface area contributed by atoms with E-state index in [1.165, 1.54) is 0 Å². The van der Waals surface area contributed by atoms with Crippen LogP contribution in [0, 0.1) is 0 Å². The Morgan fingerprint density at radius 3 is 3.00 bits per heavy atom. The predicted molar refractivity (Wildman–Crippen MR) is 68.1 cm³/mol. The van der Waals surface area contributed by atoms with Crippen LogP contribution in [0.25, 0.3) is 0 Å². The van der Waals surface area contributed by atoms with Gasteiger partial charge in [0.2, 0.25) is 0 Å². The fourth-order valence-electron chi connectivity index (χ4n) is 1.80. The SMILES string of the molecule is Nc1ccc(Cl)cc1NC(=O)C1CCCCO1. The highest BCUT2D eigenvalue weighted by molar-refractivity contribution is 6.31. The van der Waals surface area contributed by atoms with E-state index in [1.807, 2.05) is 0 Å². The fourth-order valence-corrected chi connectivity index (χ4v) is 1.97. The van der Waals surface area contributed by atoms with Crippen LogP contribution in [0.1, 0.15) is 19.3 Å². The van der Waals surface area contributed by atoms with Crippen molar-refractivity contribution in [2.45, 2.75) is 25.4 Å². The molecule has 0 radical (unpaired) electrons. The largest absolute Gasteiger partial charge is 0.397 e. The number of nitrogen functional groups attached to an aromatic ring is 1. The van der Waals surface area contributed by atoms with E-state index in [0.717, 1.165) is 19.3 Å². The van der Waals surface area contributed by atoms with E-state index in [2.05, 4.69) is 5.32 Å². The van der Waals surface area contributed by atoms with Crippen LogP contribution in [0.2, 0.25) is 5.02 Å². The Hall–Kier alpha value is -1.26. The first-order valence-corrected chi connectivity index (χ1v) is 6.02. The van der Waals surface area contributed by atoms with Gasteiger partial charge in [0.05, 0.1) is 11.4 Å². The second kappa shape index (κ2) is 5.38. The zero-order valence-electron chi connectivity index (χ0n) is 9.41. The fraction of sp³-hybridized carbons (Fsp3) is 0.417. The summed E-state index contributed by atoms with van der Waals surface area (Å²) in [4.78, 5) is 11.9. The molecule has 1 fully saturated rings. The van der Waals surface area contributed by atoms with Crippen molar-refractivity contribution in [1.29, 1.82) is 0 Å². The summed E-state index contributed by atoms with van der Waals surface area (Å²) < 4.78 is 5.40. The summed E-state index contributed by atoms with van der Waals surface area (Å²) >= 11 is 5.85. The van der Waals surface area contributed by atoms with Crippen molar-refractivity contribution in [1.82, 2.24) is 0 Å². The summed E-state index contributed by atoms with van der Waals surface area (Å²) in [6.07, 6.45) is 2.42. The molecule has 1 aliphatic heterocycles. The molecule has 0 aliphatic carbocycles. The minimum Gasteiger partial charge on any atom is -0.397 e. The Labute approximate surface area is 105 Å². The van der Waals surface area contributed by atoms with Gasteiger partial charge < -0.3 is 15.8 Å². The summed E-state index contributed by atoms with van der Waals surface area (Å²) in [6, 6.07) is 4.99. The third kappa shape index (κ3) is 3.11. The third-order valence-corrected chi connectivity index (χ3v) is 2.98. The van der Waals surface area contributed by atoms with Gasteiger partial charge in [-0.15, -0.1) is 0 Å². The van der Waals surface area contributed by atoms with Crippen LogP contribution < -0.4 is 11.1 Å². The van der Waals surface area contributed by atoms with E-state index < -0.39 is 0 Å². The summed E-state index contributed by atoms with van der Waals surface area (Å²) in [6.45, 7) is 0.642. The molecule has 92 valence electrons. The standard InChI is InChI=1S/C12H15ClN2O2/c13-8-4-5-9(14)10(7-8)15-12(16)11-3-1-2-6-17-11/h4-5,7,11H,1-3,6,14H2,(H,15,16). The number of benzene rings is 1. The number of ether oxygens (including phenoxy) is 1. The Balaban J connectivity index is 2.04. The van der Waals surface area contributed by atoms with Crippen LogP contribution in [-0.2, 0) is 9.53 Å². The molecule has 1 unspecified atom stereocenters. The molecule has 1 saturated heterocycles. The highest BCUT2D eigenvalue weighted by Gasteiger charge is 2.22. The van der Waals surface area contributed by atoms with Gasteiger partial charge in [-0.1, -0.05) is 11.6 Å². The van der Waals surface area contributed by atoms with Gasteiger partial charge in [0.1, 0.15) is 6.10 Å². The lowest BCUT2D eigenvalue weighted by molar-refractivity contribution is -0.129. The molecule has 4 nitrogen and oxygen atoms in total. The number of nitrogens with one attached hydrogen (secondary N) is 1. The molecule has 1 aromatic carbocycles. The zero-order chi connectivity index (χ0) is 12.3. The zero-order valence-corrected chi connectivity index (χ0v) is 10.2. The van der Waals surface area contributed by atoms with Crippen molar-refractivity contribution in [3.63, 3.8) is 0 Å². The van der Waals surface area contributed by atoms with E-state index in [9.17, 15) is 4.79 Å². The topological polar surface area (TPSA) is 64.3 Å². The van der Waals surface area contributed by atoms with Gasteiger partial charge in [0, 0.05) is 11.6 Å². The van der Waals surface area contributed by atoms with Crippen molar-refractivity contribution < 1.29 is 9.53 Å². The van der Waals surface area contributed by atoms with E-state index in [1.54, 1.807) is 18.2 Å². The van der Waals surface area contributed by atoms with Gasteiger partial charge >= 0.3 is 0 Å². The molecule has 2 rings (SSSR count). The molecule has 1 aliphatic rings. The molecular weight excluding hydrogens is 240 g/mol. The van der Waals surface area contributed by atoms with Crippen molar-refractivity contribution in [2.75, 3.05) is 17.7 Å². The maximum absolute atomic E-state index is 11.9. The van der Waals surface area contributed by atoms with Crippen LogP contribution in [0.3, 0.4) is 0 Å². The van der Waals surface area contributed by atoms with Crippen LogP contribution in [0.5, 0.6) is 0 Å².